The Balaban J connectivity index is 1.74. The number of thioether (sulfide) groups is 1. The van der Waals surface area contributed by atoms with Crippen LogP contribution in [0.5, 0.6) is 0 Å². The second kappa shape index (κ2) is 9.11. The lowest BCUT2D eigenvalue weighted by atomic mass is 10.2. The summed E-state index contributed by atoms with van der Waals surface area (Å²) in [5.74, 6) is -0.708. The van der Waals surface area contributed by atoms with Crippen molar-refractivity contribution in [3.8, 4) is 0 Å². The molecule has 0 heterocycles. The first-order valence-corrected chi connectivity index (χ1v) is 9.19. The number of rotatable bonds is 6. The Morgan fingerprint density at radius 3 is 2.58 bits per heavy atom. The van der Waals surface area contributed by atoms with Gasteiger partial charge in [-0.25, -0.2) is 0 Å². The van der Waals surface area contributed by atoms with E-state index in [0.29, 0.717) is 10.7 Å². The van der Waals surface area contributed by atoms with Gasteiger partial charge in [0, 0.05) is 14.4 Å². The lowest BCUT2D eigenvalue weighted by Gasteiger charge is -2.09. The zero-order chi connectivity index (χ0) is 17.5. The number of hydrogen-bond donors (Lipinski definition) is 1. The maximum atomic E-state index is 11.8. The molecule has 2 aromatic rings. The topological polar surface area (TPSA) is 55.4 Å². The highest BCUT2D eigenvalue weighted by Crippen LogP contribution is 2.23. The number of halogens is 2. The molecule has 0 bridgehead atoms. The molecule has 0 fully saturated rings. The van der Waals surface area contributed by atoms with E-state index >= 15 is 0 Å². The van der Waals surface area contributed by atoms with Crippen molar-refractivity contribution in [1.82, 2.24) is 0 Å². The van der Waals surface area contributed by atoms with Crippen LogP contribution in [0.3, 0.4) is 0 Å². The SMILES string of the molecule is Cc1ccc(NC(=O)COC(=O)CSc2ccc(Cl)cc2)c(Br)c1. The van der Waals surface area contributed by atoms with Crippen molar-refractivity contribution in [2.75, 3.05) is 17.7 Å². The van der Waals surface area contributed by atoms with Crippen molar-refractivity contribution in [3.63, 3.8) is 0 Å². The average Bonchev–Trinajstić information content (AvgIpc) is 2.55. The lowest BCUT2D eigenvalue weighted by Crippen LogP contribution is -2.21. The fraction of sp³-hybridized carbons (Fsp3) is 0.176. The molecular formula is C17H15BrClNO3S. The molecule has 126 valence electrons. The van der Waals surface area contributed by atoms with E-state index in [0.717, 1.165) is 14.9 Å². The van der Waals surface area contributed by atoms with Gasteiger partial charge in [-0.3, -0.25) is 9.59 Å². The number of esters is 1. The number of nitrogens with one attached hydrogen (secondary N) is 1. The molecule has 4 nitrogen and oxygen atoms in total. The number of aryl methyl sites for hydroxylation is 1. The van der Waals surface area contributed by atoms with Gasteiger partial charge in [0.1, 0.15) is 0 Å². The molecule has 0 saturated carbocycles. The highest BCUT2D eigenvalue weighted by molar-refractivity contribution is 9.10. The molecule has 2 aromatic carbocycles. The molecule has 0 spiro atoms. The van der Waals surface area contributed by atoms with E-state index in [9.17, 15) is 9.59 Å². The van der Waals surface area contributed by atoms with Gasteiger partial charge in [-0.15, -0.1) is 11.8 Å². The number of benzene rings is 2. The van der Waals surface area contributed by atoms with Crippen LogP contribution in [0.4, 0.5) is 5.69 Å². The first-order chi connectivity index (χ1) is 11.4. The van der Waals surface area contributed by atoms with Crippen LogP contribution in [0.15, 0.2) is 51.8 Å². The van der Waals surface area contributed by atoms with Gasteiger partial charge in [-0.05, 0) is 64.8 Å². The van der Waals surface area contributed by atoms with Gasteiger partial charge in [0.2, 0.25) is 0 Å². The number of carbonyl (C=O) groups is 2. The van der Waals surface area contributed by atoms with Crippen LogP contribution < -0.4 is 5.32 Å². The predicted molar refractivity (Wildman–Crippen MR) is 101 cm³/mol. The summed E-state index contributed by atoms with van der Waals surface area (Å²) >= 11 is 10.5. The molecule has 0 aliphatic rings. The molecule has 0 aromatic heterocycles. The molecule has 0 atom stereocenters. The molecule has 7 heteroatoms. The largest absolute Gasteiger partial charge is 0.455 e. The van der Waals surface area contributed by atoms with Crippen LogP contribution in [0.1, 0.15) is 5.56 Å². The molecule has 0 aliphatic carbocycles. The molecule has 0 unspecified atom stereocenters. The number of ether oxygens (including phenoxy) is 1. The van der Waals surface area contributed by atoms with Crippen LogP contribution in [0, 0.1) is 6.92 Å². The summed E-state index contributed by atoms with van der Waals surface area (Å²) in [6.07, 6.45) is 0. The molecule has 0 saturated heterocycles. The van der Waals surface area contributed by atoms with Crippen LogP contribution >= 0.6 is 39.3 Å². The van der Waals surface area contributed by atoms with E-state index in [1.807, 2.05) is 31.2 Å². The number of hydrogen-bond acceptors (Lipinski definition) is 4. The van der Waals surface area contributed by atoms with Crippen molar-refractivity contribution in [1.29, 1.82) is 0 Å². The highest BCUT2D eigenvalue weighted by atomic mass is 79.9. The Hall–Kier alpha value is -1.50. The van der Waals surface area contributed by atoms with Crippen LogP contribution in [0.2, 0.25) is 5.02 Å². The third kappa shape index (κ3) is 6.19. The molecule has 0 radical (unpaired) electrons. The third-order valence-corrected chi connectivity index (χ3v) is 4.83. The van der Waals surface area contributed by atoms with E-state index in [2.05, 4.69) is 21.2 Å². The minimum atomic E-state index is -0.451. The van der Waals surface area contributed by atoms with E-state index < -0.39 is 5.97 Å². The van der Waals surface area contributed by atoms with Crippen molar-refractivity contribution in [2.45, 2.75) is 11.8 Å². The Morgan fingerprint density at radius 2 is 1.92 bits per heavy atom. The van der Waals surface area contributed by atoms with Crippen molar-refractivity contribution >= 4 is 56.9 Å². The molecular weight excluding hydrogens is 414 g/mol. The van der Waals surface area contributed by atoms with E-state index in [-0.39, 0.29) is 18.3 Å². The normalized spacial score (nSPS) is 10.3. The van der Waals surface area contributed by atoms with Gasteiger partial charge >= 0.3 is 5.97 Å². The van der Waals surface area contributed by atoms with Gasteiger partial charge in [-0.2, -0.15) is 0 Å². The summed E-state index contributed by atoms with van der Waals surface area (Å²) < 4.78 is 5.75. The maximum Gasteiger partial charge on any atom is 0.316 e. The number of carbonyl (C=O) groups excluding carboxylic acids is 2. The highest BCUT2D eigenvalue weighted by Gasteiger charge is 2.10. The van der Waals surface area contributed by atoms with E-state index in [4.69, 9.17) is 16.3 Å². The number of anilines is 1. The first-order valence-electron chi connectivity index (χ1n) is 7.04. The Kier molecular flexibility index (Phi) is 7.15. The van der Waals surface area contributed by atoms with E-state index in [1.165, 1.54) is 11.8 Å². The zero-order valence-corrected chi connectivity index (χ0v) is 16.0. The molecule has 0 aliphatic heterocycles. The smallest absolute Gasteiger partial charge is 0.316 e. The fourth-order valence-corrected chi connectivity index (χ4v) is 3.18. The van der Waals surface area contributed by atoms with Gasteiger partial charge in [0.05, 0.1) is 11.4 Å². The van der Waals surface area contributed by atoms with E-state index in [1.54, 1.807) is 18.2 Å². The van der Waals surface area contributed by atoms with Gasteiger partial charge < -0.3 is 10.1 Å². The van der Waals surface area contributed by atoms with Crippen molar-refractivity contribution < 1.29 is 14.3 Å². The Morgan fingerprint density at radius 1 is 1.21 bits per heavy atom. The summed E-state index contributed by atoms with van der Waals surface area (Å²) in [7, 11) is 0. The first kappa shape index (κ1) is 18.8. The van der Waals surface area contributed by atoms with Crippen LogP contribution in [-0.4, -0.2) is 24.2 Å². The van der Waals surface area contributed by atoms with Gasteiger partial charge in [-0.1, -0.05) is 17.7 Å². The van der Waals surface area contributed by atoms with Gasteiger partial charge in [0.15, 0.2) is 6.61 Å². The zero-order valence-electron chi connectivity index (χ0n) is 12.8. The maximum absolute atomic E-state index is 11.8. The summed E-state index contributed by atoms with van der Waals surface area (Å²) in [6.45, 7) is 1.64. The second-order valence-corrected chi connectivity index (χ2v) is 7.27. The minimum Gasteiger partial charge on any atom is -0.455 e. The quantitative estimate of drug-likeness (QED) is 0.536. The molecule has 2 rings (SSSR count). The van der Waals surface area contributed by atoms with Gasteiger partial charge in [0.25, 0.3) is 5.91 Å². The number of amides is 1. The lowest BCUT2D eigenvalue weighted by molar-refractivity contribution is -0.144. The fourth-order valence-electron chi connectivity index (χ4n) is 1.77. The minimum absolute atomic E-state index is 0.128. The molecule has 24 heavy (non-hydrogen) atoms. The second-order valence-electron chi connectivity index (χ2n) is 4.93. The standard InChI is InChI=1S/C17H15BrClNO3S/c1-11-2-7-15(14(18)8-11)20-16(21)9-23-17(22)10-24-13-5-3-12(19)4-6-13/h2-8H,9-10H2,1H3,(H,20,21). The predicted octanol–water partition coefficient (Wildman–Crippen LogP) is 4.68. The summed E-state index contributed by atoms with van der Waals surface area (Å²) in [5, 5.41) is 3.33. The molecule has 1 N–H and O–H groups in total. The summed E-state index contributed by atoms with van der Waals surface area (Å²) in [6, 6.07) is 12.7. The van der Waals surface area contributed by atoms with Crippen LogP contribution in [-0.2, 0) is 14.3 Å². The monoisotopic (exact) mass is 427 g/mol. The summed E-state index contributed by atoms with van der Waals surface area (Å²) in [5.41, 5.74) is 1.71. The third-order valence-electron chi connectivity index (χ3n) is 2.93. The Labute approximate surface area is 158 Å². The summed E-state index contributed by atoms with van der Waals surface area (Å²) in [4.78, 5) is 24.4. The molecule has 1 amide bonds. The van der Waals surface area contributed by atoms with Crippen molar-refractivity contribution in [2.24, 2.45) is 0 Å². The Bertz CT molecular complexity index is 737. The average molecular weight is 429 g/mol. The van der Waals surface area contributed by atoms with Crippen LogP contribution in [0.25, 0.3) is 0 Å². The van der Waals surface area contributed by atoms with Crippen molar-refractivity contribution in [3.05, 3.63) is 57.5 Å².